The first kappa shape index (κ1) is 19.7. The monoisotopic (exact) mass is 478 g/mol. The van der Waals surface area contributed by atoms with Crippen molar-refractivity contribution in [3.05, 3.63) is 109 Å². The summed E-state index contributed by atoms with van der Waals surface area (Å²) in [4.78, 5) is 10.2. The van der Waals surface area contributed by atoms with Gasteiger partial charge >= 0.3 is 0 Å². The number of para-hydroxylation sites is 2. The summed E-state index contributed by atoms with van der Waals surface area (Å²) >= 11 is 1.81. The molecule has 4 heteroatoms. The summed E-state index contributed by atoms with van der Waals surface area (Å²) in [7, 11) is 0. The highest BCUT2D eigenvalue weighted by molar-refractivity contribution is 7.25. The van der Waals surface area contributed by atoms with Crippen LogP contribution in [0.1, 0.15) is 0 Å². The molecule has 0 aliphatic carbocycles. The van der Waals surface area contributed by atoms with Crippen molar-refractivity contribution >= 4 is 64.4 Å². The molecule has 0 spiro atoms. The molecule has 0 unspecified atom stereocenters. The lowest BCUT2D eigenvalue weighted by atomic mass is 10.0. The zero-order chi connectivity index (χ0) is 23.6. The van der Waals surface area contributed by atoms with Gasteiger partial charge in [-0.1, -0.05) is 72.8 Å². The molecule has 3 aromatic heterocycles. The average molecular weight is 479 g/mol. The maximum Gasteiger partial charge on any atom is 0.161 e. The molecule has 0 saturated heterocycles. The fraction of sp³-hybridized carbons (Fsp3) is 0. The number of hydrogen-bond acceptors (Lipinski definition) is 4. The molecule has 5 aromatic carbocycles. The number of nitrogens with zero attached hydrogens (tertiary/aromatic N) is 2. The van der Waals surface area contributed by atoms with E-state index in [0.717, 1.165) is 55.5 Å². The zero-order valence-corrected chi connectivity index (χ0v) is 19.9. The average Bonchev–Trinajstić information content (AvgIpc) is 3.50. The minimum atomic E-state index is 0.738. The van der Waals surface area contributed by atoms with Crippen molar-refractivity contribution in [2.75, 3.05) is 0 Å². The van der Waals surface area contributed by atoms with Gasteiger partial charge in [-0.2, -0.15) is 0 Å². The number of aromatic nitrogens is 2. The third-order valence-corrected chi connectivity index (χ3v) is 8.03. The minimum Gasteiger partial charge on any atom is -0.456 e. The van der Waals surface area contributed by atoms with E-state index in [2.05, 4.69) is 78.9 Å². The van der Waals surface area contributed by atoms with Crippen LogP contribution in [0.3, 0.4) is 0 Å². The highest BCUT2D eigenvalue weighted by Gasteiger charge is 2.17. The number of thiophene rings is 1. The van der Waals surface area contributed by atoms with E-state index in [-0.39, 0.29) is 0 Å². The fourth-order valence-electron chi connectivity index (χ4n) is 5.25. The van der Waals surface area contributed by atoms with Gasteiger partial charge in [0.05, 0.1) is 11.2 Å². The molecular weight excluding hydrogens is 460 g/mol. The van der Waals surface area contributed by atoms with Crippen molar-refractivity contribution in [3.63, 3.8) is 0 Å². The van der Waals surface area contributed by atoms with E-state index in [0.29, 0.717) is 0 Å². The summed E-state index contributed by atoms with van der Waals surface area (Å²) in [5.74, 6) is 0.738. The molecule has 0 fully saturated rings. The lowest BCUT2D eigenvalue weighted by Gasteiger charge is -2.10. The van der Waals surface area contributed by atoms with Gasteiger partial charge < -0.3 is 4.42 Å². The first-order valence-electron chi connectivity index (χ1n) is 11.9. The van der Waals surface area contributed by atoms with E-state index in [1.165, 1.54) is 20.2 Å². The molecule has 168 valence electrons. The number of hydrogen-bond donors (Lipinski definition) is 0. The van der Waals surface area contributed by atoms with Crippen LogP contribution in [0.4, 0.5) is 0 Å². The Morgan fingerprint density at radius 2 is 1.31 bits per heavy atom. The van der Waals surface area contributed by atoms with Gasteiger partial charge in [0, 0.05) is 47.5 Å². The van der Waals surface area contributed by atoms with Crippen LogP contribution in [-0.4, -0.2) is 9.97 Å². The summed E-state index contributed by atoms with van der Waals surface area (Å²) in [5.41, 5.74) is 5.68. The van der Waals surface area contributed by atoms with Gasteiger partial charge in [0.15, 0.2) is 5.82 Å². The SMILES string of the molecule is c1ccc2c(-c3ccc4c(c3)oc3ccccc34)nc(-c3cccc4sc5ccccc5c34)nc2c1. The Labute approximate surface area is 210 Å². The molecule has 3 heterocycles. The number of benzene rings is 5. The number of furan rings is 1. The Bertz CT molecular complexity index is 2120. The van der Waals surface area contributed by atoms with Crippen LogP contribution in [0.25, 0.3) is 75.7 Å². The molecule has 8 rings (SSSR count). The van der Waals surface area contributed by atoms with Crippen LogP contribution < -0.4 is 0 Å². The first-order valence-corrected chi connectivity index (χ1v) is 12.7. The standard InChI is InChI=1S/C32H18N2OS/c1-4-12-25-22(9-1)31(19-16-17-21-20-8-2-5-13-26(20)35-27(21)18-19)34-32(33-25)24-11-7-15-29-30(24)23-10-3-6-14-28(23)36-29/h1-18H. The lowest BCUT2D eigenvalue weighted by Crippen LogP contribution is -1.95. The third kappa shape index (κ3) is 2.85. The minimum absolute atomic E-state index is 0.738. The van der Waals surface area contributed by atoms with Crippen molar-refractivity contribution in [2.45, 2.75) is 0 Å². The Hall–Kier alpha value is -4.54. The lowest BCUT2D eigenvalue weighted by molar-refractivity contribution is 0.669. The van der Waals surface area contributed by atoms with Crippen LogP contribution in [-0.2, 0) is 0 Å². The maximum atomic E-state index is 6.19. The summed E-state index contributed by atoms with van der Waals surface area (Å²) in [6.07, 6.45) is 0. The Morgan fingerprint density at radius 1 is 0.556 bits per heavy atom. The molecule has 0 bridgehead atoms. The van der Waals surface area contributed by atoms with Gasteiger partial charge in [0.25, 0.3) is 0 Å². The number of rotatable bonds is 2. The largest absolute Gasteiger partial charge is 0.456 e. The Balaban J connectivity index is 1.42. The summed E-state index contributed by atoms with van der Waals surface area (Å²) in [5, 5.41) is 5.73. The fourth-order valence-corrected chi connectivity index (χ4v) is 6.38. The topological polar surface area (TPSA) is 38.9 Å². The van der Waals surface area contributed by atoms with E-state index < -0.39 is 0 Å². The Kier molecular flexibility index (Phi) is 4.10. The molecule has 0 saturated carbocycles. The molecule has 0 atom stereocenters. The maximum absolute atomic E-state index is 6.19. The van der Waals surface area contributed by atoms with Gasteiger partial charge in [-0.25, -0.2) is 9.97 Å². The quantitative estimate of drug-likeness (QED) is 0.248. The molecule has 0 aliphatic heterocycles. The Morgan fingerprint density at radius 3 is 2.25 bits per heavy atom. The molecule has 0 aliphatic rings. The smallest absolute Gasteiger partial charge is 0.161 e. The second kappa shape index (κ2) is 7.48. The predicted molar refractivity (Wildman–Crippen MR) is 151 cm³/mol. The highest BCUT2D eigenvalue weighted by Crippen LogP contribution is 2.40. The van der Waals surface area contributed by atoms with Crippen molar-refractivity contribution in [2.24, 2.45) is 0 Å². The van der Waals surface area contributed by atoms with E-state index in [1.54, 1.807) is 0 Å². The third-order valence-electron chi connectivity index (χ3n) is 6.90. The van der Waals surface area contributed by atoms with Crippen molar-refractivity contribution in [1.29, 1.82) is 0 Å². The van der Waals surface area contributed by atoms with E-state index in [4.69, 9.17) is 14.4 Å². The van der Waals surface area contributed by atoms with E-state index in [9.17, 15) is 0 Å². The van der Waals surface area contributed by atoms with Crippen molar-refractivity contribution in [1.82, 2.24) is 9.97 Å². The summed E-state index contributed by atoms with van der Waals surface area (Å²) in [6.45, 7) is 0. The summed E-state index contributed by atoms with van der Waals surface area (Å²) in [6, 6.07) is 37.8. The van der Waals surface area contributed by atoms with Crippen LogP contribution in [0.15, 0.2) is 114 Å². The second-order valence-corrected chi connectivity index (χ2v) is 10.1. The van der Waals surface area contributed by atoms with Crippen LogP contribution >= 0.6 is 11.3 Å². The normalized spacial score (nSPS) is 11.9. The summed E-state index contributed by atoms with van der Waals surface area (Å²) < 4.78 is 8.72. The molecule has 0 amide bonds. The molecule has 3 nitrogen and oxygen atoms in total. The predicted octanol–water partition coefficient (Wildman–Crippen LogP) is 9.23. The van der Waals surface area contributed by atoms with Gasteiger partial charge in [0.2, 0.25) is 0 Å². The van der Waals surface area contributed by atoms with Gasteiger partial charge in [-0.15, -0.1) is 11.3 Å². The highest BCUT2D eigenvalue weighted by atomic mass is 32.1. The number of fused-ring (bicyclic) bond motifs is 7. The van der Waals surface area contributed by atoms with E-state index in [1.807, 2.05) is 41.7 Å². The van der Waals surface area contributed by atoms with Crippen molar-refractivity contribution in [3.8, 4) is 22.6 Å². The van der Waals surface area contributed by atoms with Gasteiger partial charge in [-0.3, -0.25) is 0 Å². The molecular formula is C32H18N2OS. The van der Waals surface area contributed by atoms with E-state index >= 15 is 0 Å². The first-order chi connectivity index (χ1) is 17.8. The molecule has 36 heavy (non-hydrogen) atoms. The zero-order valence-electron chi connectivity index (χ0n) is 19.1. The van der Waals surface area contributed by atoms with Crippen molar-refractivity contribution < 1.29 is 4.42 Å². The molecule has 8 aromatic rings. The second-order valence-electron chi connectivity index (χ2n) is 9.00. The van der Waals surface area contributed by atoms with Crippen LogP contribution in [0.2, 0.25) is 0 Å². The van der Waals surface area contributed by atoms with Gasteiger partial charge in [0.1, 0.15) is 11.2 Å². The molecule has 0 radical (unpaired) electrons. The van der Waals surface area contributed by atoms with Crippen LogP contribution in [0, 0.1) is 0 Å². The van der Waals surface area contributed by atoms with Gasteiger partial charge in [-0.05, 0) is 36.4 Å². The molecule has 0 N–H and O–H groups in total. The van der Waals surface area contributed by atoms with Crippen LogP contribution in [0.5, 0.6) is 0 Å².